The van der Waals surface area contributed by atoms with Crippen LogP contribution in [0.1, 0.15) is 37.8 Å². The average molecular weight is 512 g/mol. The van der Waals surface area contributed by atoms with Gasteiger partial charge in [-0.3, -0.25) is 9.79 Å². The van der Waals surface area contributed by atoms with Crippen molar-refractivity contribution in [1.82, 2.24) is 15.2 Å². The average Bonchev–Trinajstić information content (AvgIpc) is 3.16. The molecule has 2 aromatic rings. The van der Waals surface area contributed by atoms with E-state index in [1.807, 2.05) is 0 Å². The number of rotatable bonds is 6. The first kappa shape index (κ1) is 23.5. The zero-order valence-electron chi connectivity index (χ0n) is 17.7. The SMILES string of the molecule is CCNC(=NCCc1c[nH]c2c(CC)cccc12)N1CCC(C(=O)OC)CC1.I. The summed E-state index contributed by atoms with van der Waals surface area (Å²) in [5.41, 5.74) is 3.92. The highest BCUT2D eigenvalue weighted by Gasteiger charge is 2.26. The predicted octanol–water partition coefficient (Wildman–Crippen LogP) is 3.74. The third-order valence-electron chi connectivity index (χ3n) is 5.57. The number of carbonyl (C=O) groups is 1. The van der Waals surface area contributed by atoms with Crippen LogP contribution in [0.3, 0.4) is 0 Å². The molecule has 0 aliphatic carbocycles. The summed E-state index contributed by atoms with van der Waals surface area (Å²) in [6, 6.07) is 6.51. The van der Waals surface area contributed by atoms with Crippen molar-refractivity contribution in [3.63, 3.8) is 0 Å². The highest BCUT2D eigenvalue weighted by molar-refractivity contribution is 14.0. The Kier molecular flexibility index (Phi) is 9.26. The highest BCUT2D eigenvalue weighted by Crippen LogP contribution is 2.23. The molecule has 1 fully saturated rings. The first-order valence-electron chi connectivity index (χ1n) is 10.4. The van der Waals surface area contributed by atoms with Gasteiger partial charge in [0, 0.05) is 43.3 Å². The zero-order chi connectivity index (χ0) is 19.9. The number of methoxy groups -OCH3 is 1. The van der Waals surface area contributed by atoms with Gasteiger partial charge in [-0.05, 0) is 43.7 Å². The van der Waals surface area contributed by atoms with E-state index < -0.39 is 0 Å². The number of para-hydroxylation sites is 1. The van der Waals surface area contributed by atoms with Crippen LogP contribution in [0.15, 0.2) is 29.4 Å². The number of aromatic amines is 1. The number of H-pyrrole nitrogens is 1. The van der Waals surface area contributed by atoms with E-state index >= 15 is 0 Å². The van der Waals surface area contributed by atoms with Gasteiger partial charge in [0.2, 0.25) is 0 Å². The summed E-state index contributed by atoms with van der Waals surface area (Å²) in [4.78, 5) is 22.3. The van der Waals surface area contributed by atoms with Gasteiger partial charge >= 0.3 is 5.97 Å². The number of aryl methyl sites for hydroxylation is 1. The second kappa shape index (κ2) is 11.4. The highest BCUT2D eigenvalue weighted by atomic mass is 127. The van der Waals surface area contributed by atoms with Gasteiger partial charge in [-0.1, -0.05) is 25.1 Å². The van der Waals surface area contributed by atoms with Gasteiger partial charge in [-0.25, -0.2) is 0 Å². The number of likely N-dealkylation sites (tertiary alicyclic amines) is 1. The number of nitrogens with zero attached hydrogens (tertiary/aromatic N) is 2. The molecule has 0 radical (unpaired) electrons. The minimum atomic E-state index is -0.0904. The quantitative estimate of drug-likeness (QED) is 0.268. The molecular weight excluding hydrogens is 479 g/mol. The minimum Gasteiger partial charge on any atom is -0.469 e. The molecule has 3 rings (SSSR count). The Morgan fingerprint density at radius 3 is 2.69 bits per heavy atom. The Balaban J connectivity index is 0.00000300. The van der Waals surface area contributed by atoms with Crippen LogP contribution >= 0.6 is 24.0 Å². The van der Waals surface area contributed by atoms with E-state index in [9.17, 15) is 4.79 Å². The molecular formula is C22H33IN4O2. The monoisotopic (exact) mass is 512 g/mol. The summed E-state index contributed by atoms with van der Waals surface area (Å²) < 4.78 is 4.88. The fraction of sp³-hybridized carbons (Fsp3) is 0.545. The molecule has 1 aromatic carbocycles. The number of benzene rings is 1. The van der Waals surface area contributed by atoms with Gasteiger partial charge in [-0.2, -0.15) is 0 Å². The van der Waals surface area contributed by atoms with Gasteiger partial charge in [0.1, 0.15) is 0 Å². The molecule has 0 spiro atoms. The van der Waals surface area contributed by atoms with Crippen molar-refractivity contribution < 1.29 is 9.53 Å². The number of piperidine rings is 1. The van der Waals surface area contributed by atoms with Gasteiger partial charge in [0.25, 0.3) is 0 Å². The topological polar surface area (TPSA) is 69.7 Å². The molecule has 1 aliphatic rings. The van der Waals surface area contributed by atoms with E-state index in [4.69, 9.17) is 9.73 Å². The molecule has 7 heteroatoms. The maximum absolute atomic E-state index is 11.7. The Bertz CT molecular complexity index is 825. The molecule has 1 aromatic heterocycles. The molecule has 1 aliphatic heterocycles. The van der Waals surface area contributed by atoms with Crippen LogP contribution in [0, 0.1) is 5.92 Å². The molecule has 1 saturated heterocycles. The standard InChI is InChI=1S/C22H32N4O2.HI/c1-4-16-7-6-8-19-18(15-25-20(16)19)9-12-24-22(23-5-2)26-13-10-17(11-14-26)21(27)28-3;/h6-8,15,17,25H,4-5,9-14H2,1-3H3,(H,23,24);1H. The third-order valence-corrected chi connectivity index (χ3v) is 5.57. The van der Waals surface area contributed by atoms with Gasteiger partial charge in [0.15, 0.2) is 5.96 Å². The van der Waals surface area contributed by atoms with Crippen LogP contribution in [-0.2, 0) is 22.4 Å². The molecule has 29 heavy (non-hydrogen) atoms. The van der Waals surface area contributed by atoms with Crippen molar-refractivity contribution in [2.24, 2.45) is 10.9 Å². The second-order valence-corrected chi connectivity index (χ2v) is 7.28. The first-order valence-corrected chi connectivity index (χ1v) is 10.4. The minimum absolute atomic E-state index is 0. The molecule has 0 bridgehead atoms. The lowest BCUT2D eigenvalue weighted by Gasteiger charge is -2.33. The van der Waals surface area contributed by atoms with Gasteiger partial charge in [0.05, 0.1) is 13.0 Å². The predicted molar refractivity (Wildman–Crippen MR) is 129 cm³/mol. The number of halogens is 1. The lowest BCUT2D eigenvalue weighted by Crippen LogP contribution is -2.46. The summed E-state index contributed by atoms with van der Waals surface area (Å²) in [5.74, 6) is 0.871. The molecule has 2 N–H and O–H groups in total. The Hall–Kier alpha value is -1.77. The number of aliphatic imine (C=N–C) groups is 1. The van der Waals surface area contributed by atoms with Crippen molar-refractivity contribution >= 4 is 46.8 Å². The number of guanidine groups is 1. The molecule has 0 atom stereocenters. The van der Waals surface area contributed by atoms with Crippen LogP contribution in [-0.4, -0.2) is 55.1 Å². The zero-order valence-corrected chi connectivity index (χ0v) is 20.0. The summed E-state index contributed by atoms with van der Waals surface area (Å²) in [6.07, 6.45) is 5.69. The molecule has 6 nitrogen and oxygen atoms in total. The summed E-state index contributed by atoms with van der Waals surface area (Å²) in [7, 11) is 1.47. The van der Waals surface area contributed by atoms with E-state index in [0.717, 1.165) is 57.8 Å². The molecule has 2 heterocycles. The first-order chi connectivity index (χ1) is 13.7. The van der Waals surface area contributed by atoms with Gasteiger partial charge < -0.3 is 19.9 Å². The molecule has 0 unspecified atom stereocenters. The Morgan fingerprint density at radius 1 is 1.28 bits per heavy atom. The summed E-state index contributed by atoms with van der Waals surface area (Å²) >= 11 is 0. The Labute approximate surface area is 190 Å². The molecule has 0 saturated carbocycles. The van der Waals surface area contributed by atoms with Gasteiger partial charge in [-0.15, -0.1) is 24.0 Å². The molecule has 0 amide bonds. The smallest absolute Gasteiger partial charge is 0.308 e. The number of hydrogen-bond acceptors (Lipinski definition) is 3. The van der Waals surface area contributed by atoms with Crippen molar-refractivity contribution in [1.29, 1.82) is 0 Å². The van der Waals surface area contributed by atoms with Crippen LogP contribution < -0.4 is 5.32 Å². The van der Waals surface area contributed by atoms with E-state index in [-0.39, 0.29) is 35.9 Å². The largest absolute Gasteiger partial charge is 0.469 e. The van der Waals surface area contributed by atoms with Crippen molar-refractivity contribution in [3.05, 3.63) is 35.5 Å². The number of ether oxygens (including phenoxy) is 1. The maximum atomic E-state index is 11.7. The number of esters is 1. The number of hydrogen-bond donors (Lipinski definition) is 2. The van der Waals surface area contributed by atoms with Crippen molar-refractivity contribution in [2.45, 2.75) is 39.5 Å². The van der Waals surface area contributed by atoms with Crippen LogP contribution in [0.5, 0.6) is 0 Å². The number of fused-ring (bicyclic) bond motifs is 1. The summed E-state index contributed by atoms with van der Waals surface area (Å²) in [6.45, 7) is 7.51. The number of carbonyl (C=O) groups excluding carboxylic acids is 1. The van der Waals surface area contributed by atoms with E-state index in [1.54, 1.807) is 0 Å². The number of aromatic nitrogens is 1. The van der Waals surface area contributed by atoms with Crippen molar-refractivity contribution in [2.75, 3.05) is 33.3 Å². The third kappa shape index (κ3) is 5.65. The van der Waals surface area contributed by atoms with E-state index in [1.165, 1.54) is 29.1 Å². The lowest BCUT2D eigenvalue weighted by molar-refractivity contribution is -0.146. The normalized spacial score (nSPS) is 15.3. The van der Waals surface area contributed by atoms with Crippen LogP contribution in [0.4, 0.5) is 0 Å². The molecule has 160 valence electrons. The summed E-state index contributed by atoms with van der Waals surface area (Å²) in [5, 5.41) is 4.70. The Morgan fingerprint density at radius 2 is 2.03 bits per heavy atom. The fourth-order valence-corrected chi connectivity index (χ4v) is 3.98. The fourth-order valence-electron chi connectivity index (χ4n) is 3.98. The maximum Gasteiger partial charge on any atom is 0.308 e. The lowest BCUT2D eigenvalue weighted by atomic mass is 9.97. The van der Waals surface area contributed by atoms with Crippen LogP contribution in [0.2, 0.25) is 0 Å². The van der Waals surface area contributed by atoms with E-state index in [0.29, 0.717) is 0 Å². The number of nitrogens with one attached hydrogen (secondary N) is 2. The van der Waals surface area contributed by atoms with Crippen molar-refractivity contribution in [3.8, 4) is 0 Å². The van der Waals surface area contributed by atoms with E-state index in [2.05, 4.69) is 53.4 Å². The second-order valence-electron chi connectivity index (χ2n) is 7.28. The van der Waals surface area contributed by atoms with Crippen LogP contribution in [0.25, 0.3) is 10.9 Å².